The highest BCUT2D eigenvalue weighted by Gasteiger charge is 2.22. The lowest BCUT2D eigenvalue weighted by molar-refractivity contribution is 0.100. The van der Waals surface area contributed by atoms with Crippen molar-refractivity contribution in [3.63, 3.8) is 0 Å². The van der Waals surface area contributed by atoms with E-state index in [1.54, 1.807) is 12.1 Å². The molecule has 0 radical (unpaired) electrons. The highest BCUT2D eigenvalue weighted by atomic mass is 127. The summed E-state index contributed by atoms with van der Waals surface area (Å²) in [6, 6.07) is 15.7. The van der Waals surface area contributed by atoms with Gasteiger partial charge < -0.3 is 16.0 Å². The smallest absolute Gasteiger partial charge is 0.248 e. The lowest BCUT2D eigenvalue weighted by Crippen LogP contribution is -2.40. The van der Waals surface area contributed by atoms with E-state index in [-0.39, 0.29) is 24.0 Å². The number of nitrogens with one attached hydrogen (secondary N) is 1. The Bertz CT molecular complexity index is 758. The number of guanidine groups is 1. The number of hydrogen-bond donors (Lipinski definition) is 2. The lowest BCUT2D eigenvalue weighted by atomic mass is 10.1. The molecule has 132 valence electrons. The molecule has 25 heavy (non-hydrogen) atoms. The van der Waals surface area contributed by atoms with Gasteiger partial charge in [-0.05, 0) is 42.7 Å². The number of hydrogen-bond acceptors (Lipinski definition) is 2. The lowest BCUT2D eigenvalue weighted by Gasteiger charge is -2.22. The minimum absolute atomic E-state index is 0. The molecular weight excluding hydrogens is 427 g/mol. The average Bonchev–Trinajstić information content (AvgIpc) is 3.03. The van der Waals surface area contributed by atoms with Crippen molar-refractivity contribution >= 4 is 41.5 Å². The van der Waals surface area contributed by atoms with Gasteiger partial charge in [0.1, 0.15) is 0 Å². The van der Waals surface area contributed by atoms with Gasteiger partial charge >= 0.3 is 0 Å². The number of primary amides is 1. The molecule has 0 spiro atoms. The van der Waals surface area contributed by atoms with E-state index in [0.717, 1.165) is 31.0 Å². The zero-order valence-corrected chi connectivity index (χ0v) is 16.6. The van der Waals surface area contributed by atoms with Crippen LogP contribution in [0.3, 0.4) is 0 Å². The predicted molar refractivity (Wildman–Crippen MR) is 113 cm³/mol. The second-order valence-corrected chi connectivity index (χ2v) is 5.76. The summed E-state index contributed by atoms with van der Waals surface area (Å²) in [6.45, 7) is 4.38. The van der Waals surface area contributed by atoms with Crippen molar-refractivity contribution in [2.24, 2.45) is 10.7 Å². The molecule has 0 fully saturated rings. The Balaban J connectivity index is 0.00000225. The zero-order chi connectivity index (χ0) is 16.9. The number of halogens is 1. The summed E-state index contributed by atoms with van der Waals surface area (Å²) in [5.74, 6) is 0.480. The summed E-state index contributed by atoms with van der Waals surface area (Å²) in [4.78, 5) is 18.1. The fraction of sp³-hybridized carbons (Fsp3) is 0.263. The van der Waals surface area contributed by atoms with Gasteiger partial charge in [0.15, 0.2) is 5.96 Å². The standard InChI is InChI=1S/C19H22N4O.HI/c1-2-21-19(23-12-11-15-5-3-4-6-17(15)23)22-13-14-7-9-16(10-8-14)18(20)24;/h3-10H,2,11-13H2,1H3,(H2,20,24)(H,21,22);1H. The molecular formula is C19H23IN4O. The first-order valence-electron chi connectivity index (χ1n) is 8.21. The van der Waals surface area contributed by atoms with Crippen molar-refractivity contribution in [1.82, 2.24) is 5.32 Å². The van der Waals surface area contributed by atoms with Crippen molar-refractivity contribution in [2.45, 2.75) is 19.9 Å². The molecule has 0 unspecified atom stereocenters. The maximum atomic E-state index is 11.1. The number of benzene rings is 2. The number of aliphatic imine (C=N–C) groups is 1. The fourth-order valence-electron chi connectivity index (χ4n) is 2.89. The Kier molecular flexibility index (Phi) is 6.81. The third-order valence-electron chi connectivity index (χ3n) is 4.13. The number of rotatable bonds is 4. The van der Waals surface area contributed by atoms with Crippen LogP contribution < -0.4 is 16.0 Å². The first-order valence-corrected chi connectivity index (χ1v) is 8.21. The summed E-state index contributed by atoms with van der Waals surface area (Å²) in [5, 5.41) is 3.37. The van der Waals surface area contributed by atoms with E-state index >= 15 is 0 Å². The minimum atomic E-state index is -0.410. The highest BCUT2D eigenvalue weighted by molar-refractivity contribution is 14.0. The van der Waals surface area contributed by atoms with Crippen LogP contribution in [0.1, 0.15) is 28.4 Å². The van der Waals surface area contributed by atoms with Crippen LogP contribution in [-0.4, -0.2) is 25.0 Å². The van der Waals surface area contributed by atoms with Gasteiger partial charge in [0.2, 0.25) is 5.91 Å². The van der Waals surface area contributed by atoms with E-state index < -0.39 is 5.91 Å². The van der Waals surface area contributed by atoms with Gasteiger partial charge in [-0.15, -0.1) is 24.0 Å². The normalized spacial score (nSPS) is 13.2. The molecule has 1 heterocycles. The molecule has 5 nitrogen and oxygen atoms in total. The van der Waals surface area contributed by atoms with Gasteiger partial charge in [-0.25, -0.2) is 4.99 Å². The maximum absolute atomic E-state index is 11.1. The number of fused-ring (bicyclic) bond motifs is 1. The van der Waals surface area contributed by atoms with Crippen LogP contribution in [0, 0.1) is 0 Å². The molecule has 1 aliphatic heterocycles. The van der Waals surface area contributed by atoms with Gasteiger partial charge in [-0.2, -0.15) is 0 Å². The van der Waals surface area contributed by atoms with Crippen molar-refractivity contribution in [3.8, 4) is 0 Å². The van der Waals surface area contributed by atoms with E-state index in [4.69, 9.17) is 10.7 Å². The van der Waals surface area contributed by atoms with E-state index in [1.165, 1.54) is 11.3 Å². The average molecular weight is 450 g/mol. The SMILES string of the molecule is CCNC(=NCc1ccc(C(N)=O)cc1)N1CCc2ccccc21.I. The van der Waals surface area contributed by atoms with Crippen LogP contribution in [0.15, 0.2) is 53.5 Å². The van der Waals surface area contributed by atoms with Crippen molar-refractivity contribution in [2.75, 3.05) is 18.0 Å². The van der Waals surface area contributed by atoms with E-state index in [2.05, 4.69) is 41.4 Å². The zero-order valence-electron chi connectivity index (χ0n) is 14.2. The molecule has 6 heteroatoms. The second kappa shape index (κ2) is 8.84. The number of nitrogens with two attached hydrogens (primary N) is 1. The van der Waals surface area contributed by atoms with Crippen LogP contribution in [0.4, 0.5) is 5.69 Å². The third-order valence-corrected chi connectivity index (χ3v) is 4.13. The number of anilines is 1. The Labute approximate surface area is 165 Å². The molecule has 2 aromatic carbocycles. The highest BCUT2D eigenvalue weighted by Crippen LogP contribution is 2.27. The Morgan fingerprint density at radius 3 is 2.60 bits per heavy atom. The van der Waals surface area contributed by atoms with Crippen molar-refractivity contribution in [1.29, 1.82) is 0 Å². The topological polar surface area (TPSA) is 70.7 Å². The van der Waals surface area contributed by atoms with E-state index in [9.17, 15) is 4.79 Å². The van der Waals surface area contributed by atoms with Crippen molar-refractivity contribution < 1.29 is 4.79 Å². The largest absolute Gasteiger partial charge is 0.366 e. The molecule has 2 aromatic rings. The van der Waals surface area contributed by atoms with Crippen LogP contribution >= 0.6 is 24.0 Å². The van der Waals surface area contributed by atoms with E-state index in [0.29, 0.717) is 12.1 Å². The van der Waals surface area contributed by atoms with Crippen LogP contribution in [0.2, 0.25) is 0 Å². The molecule has 0 atom stereocenters. The Hall–Kier alpha value is -2.09. The first kappa shape index (κ1) is 19.2. The number of amides is 1. The molecule has 0 saturated heterocycles. The summed E-state index contributed by atoms with van der Waals surface area (Å²) in [5.41, 5.74) is 9.41. The summed E-state index contributed by atoms with van der Waals surface area (Å²) in [6.07, 6.45) is 1.04. The van der Waals surface area contributed by atoms with Crippen molar-refractivity contribution in [3.05, 3.63) is 65.2 Å². The Morgan fingerprint density at radius 2 is 1.92 bits per heavy atom. The van der Waals surface area contributed by atoms with Gasteiger partial charge in [-0.3, -0.25) is 4.79 Å². The number of carbonyl (C=O) groups is 1. The first-order chi connectivity index (χ1) is 11.7. The van der Waals surface area contributed by atoms with E-state index in [1.807, 2.05) is 12.1 Å². The number of nitrogens with zero attached hydrogens (tertiary/aromatic N) is 2. The third kappa shape index (κ3) is 4.50. The quantitative estimate of drug-likeness (QED) is 0.428. The number of para-hydroxylation sites is 1. The molecule has 0 saturated carbocycles. The van der Waals surface area contributed by atoms with Gasteiger partial charge in [0.05, 0.1) is 6.54 Å². The minimum Gasteiger partial charge on any atom is -0.366 e. The molecule has 0 aromatic heterocycles. The summed E-state index contributed by atoms with van der Waals surface area (Å²) < 4.78 is 0. The van der Waals surface area contributed by atoms with Gasteiger partial charge in [0.25, 0.3) is 0 Å². The monoisotopic (exact) mass is 450 g/mol. The molecule has 1 aliphatic rings. The number of carbonyl (C=O) groups excluding carboxylic acids is 1. The van der Waals surface area contributed by atoms with Crippen LogP contribution in [0.5, 0.6) is 0 Å². The molecule has 1 amide bonds. The van der Waals surface area contributed by atoms with Crippen LogP contribution in [0.25, 0.3) is 0 Å². The van der Waals surface area contributed by atoms with Crippen LogP contribution in [-0.2, 0) is 13.0 Å². The van der Waals surface area contributed by atoms with Gasteiger partial charge in [0, 0.05) is 24.3 Å². The predicted octanol–water partition coefficient (Wildman–Crippen LogP) is 2.93. The summed E-state index contributed by atoms with van der Waals surface area (Å²) >= 11 is 0. The molecule has 3 N–H and O–H groups in total. The maximum Gasteiger partial charge on any atom is 0.248 e. The fourth-order valence-corrected chi connectivity index (χ4v) is 2.89. The second-order valence-electron chi connectivity index (χ2n) is 5.76. The molecule has 0 aliphatic carbocycles. The Morgan fingerprint density at radius 1 is 1.20 bits per heavy atom. The summed E-state index contributed by atoms with van der Waals surface area (Å²) in [7, 11) is 0. The molecule has 0 bridgehead atoms. The van der Waals surface area contributed by atoms with Gasteiger partial charge in [-0.1, -0.05) is 30.3 Å². The molecule has 3 rings (SSSR count).